The molecule has 0 aliphatic heterocycles. The molecular weight excluding hydrogens is 261 g/mol. The van der Waals surface area contributed by atoms with Crippen LogP contribution >= 0.6 is 11.8 Å². The van der Waals surface area contributed by atoms with Crippen LogP contribution < -0.4 is 10.1 Å². The zero-order chi connectivity index (χ0) is 14.1. The number of rotatable bonds is 9. The van der Waals surface area contributed by atoms with Crippen molar-refractivity contribution < 1.29 is 9.13 Å². The van der Waals surface area contributed by atoms with Gasteiger partial charge in [-0.2, -0.15) is 11.8 Å². The zero-order valence-corrected chi connectivity index (χ0v) is 12.9. The molecule has 0 unspecified atom stereocenters. The summed E-state index contributed by atoms with van der Waals surface area (Å²) in [6, 6.07) is 4.91. The van der Waals surface area contributed by atoms with Crippen LogP contribution in [0, 0.1) is 11.7 Å². The average Bonchev–Trinajstić information content (AvgIpc) is 2.34. The molecule has 0 saturated carbocycles. The molecule has 0 amide bonds. The van der Waals surface area contributed by atoms with Crippen molar-refractivity contribution in [3.8, 4) is 5.75 Å². The molecule has 1 aromatic carbocycles. The lowest BCUT2D eigenvalue weighted by molar-refractivity contribution is 0.341. The highest BCUT2D eigenvalue weighted by atomic mass is 32.2. The Morgan fingerprint density at radius 1 is 1.32 bits per heavy atom. The van der Waals surface area contributed by atoms with Gasteiger partial charge in [-0.15, -0.1) is 0 Å². The maximum atomic E-state index is 13.5. The zero-order valence-electron chi connectivity index (χ0n) is 12.0. The molecule has 0 aromatic heterocycles. The second-order valence-corrected chi connectivity index (χ2v) is 6.26. The van der Waals surface area contributed by atoms with E-state index in [4.69, 9.17) is 4.74 Å². The average molecular weight is 285 g/mol. The minimum Gasteiger partial charge on any atom is -0.493 e. The number of ether oxygens (including phenoxy) is 1. The van der Waals surface area contributed by atoms with E-state index < -0.39 is 0 Å². The normalized spacial score (nSPS) is 11.0. The molecule has 0 radical (unpaired) electrons. The summed E-state index contributed by atoms with van der Waals surface area (Å²) in [6.07, 6.45) is 0. The Morgan fingerprint density at radius 2 is 2.11 bits per heavy atom. The predicted molar refractivity (Wildman–Crippen MR) is 81.4 cm³/mol. The highest BCUT2D eigenvalue weighted by Crippen LogP contribution is 2.17. The van der Waals surface area contributed by atoms with Crippen molar-refractivity contribution in [3.63, 3.8) is 0 Å². The Balaban J connectivity index is 2.46. The highest BCUT2D eigenvalue weighted by Gasteiger charge is 2.02. The summed E-state index contributed by atoms with van der Waals surface area (Å²) < 4.78 is 19.0. The first kappa shape index (κ1) is 16.3. The molecule has 4 heteroatoms. The van der Waals surface area contributed by atoms with Crippen LogP contribution in [0.1, 0.15) is 26.3 Å². The molecule has 1 rings (SSSR count). The monoisotopic (exact) mass is 285 g/mol. The van der Waals surface area contributed by atoms with Crippen LogP contribution in [0.3, 0.4) is 0 Å². The number of thioether (sulfide) groups is 1. The number of hydrogen-bond acceptors (Lipinski definition) is 3. The van der Waals surface area contributed by atoms with E-state index in [0.29, 0.717) is 24.8 Å². The van der Waals surface area contributed by atoms with Gasteiger partial charge < -0.3 is 10.1 Å². The topological polar surface area (TPSA) is 21.3 Å². The van der Waals surface area contributed by atoms with E-state index in [1.54, 1.807) is 6.07 Å². The highest BCUT2D eigenvalue weighted by molar-refractivity contribution is 7.99. The van der Waals surface area contributed by atoms with Gasteiger partial charge in [-0.25, -0.2) is 4.39 Å². The number of benzene rings is 1. The van der Waals surface area contributed by atoms with Crippen molar-refractivity contribution >= 4 is 11.8 Å². The van der Waals surface area contributed by atoms with Crippen LogP contribution in [-0.2, 0) is 6.54 Å². The van der Waals surface area contributed by atoms with E-state index in [9.17, 15) is 4.39 Å². The second kappa shape index (κ2) is 9.21. The maximum absolute atomic E-state index is 13.5. The van der Waals surface area contributed by atoms with Crippen molar-refractivity contribution in [2.45, 2.75) is 27.3 Å². The Hall–Kier alpha value is -0.740. The molecule has 19 heavy (non-hydrogen) atoms. The summed E-state index contributed by atoms with van der Waals surface area (Å²) >= 11 is 1.82. The largest absolute Gasteiger partial charge is 0.493 e. The lowest BCUT2D eigenvalue weighted by Gasteiger charge is -2.10. The molecule has 0 saturated heterocycles. The molecule has 0 atom stereocenters. The molecule has 0 bridgehead atoms. The molecular formula is C15H24FNOS. The quantitative estimate of drug-likeness (QED) is 0.699. The first-order chi connectivity index (χ1) is 9.11. The van der Waals surface area contributed by atoms with Crippen LogP contribution in [0.5, 0.6) is 5.75 Å². The summed E-state index contributed by atoms with van der Waals surface area (Å²) in [7, 11) is 0. The fourth-order valence-electron chi connectivity index (χ4n) is 1.67. The van der Waals surface area contributed by atoms with Crippen molar-refractivity contribution in [3.05, 3.63) is 29.6 Å². The summed E-state index contributed by atoms with van der Waals surface area (Å²) in [5.41, 5.74) is 0.929. The smallest absolute Gasteiger partial charge is 0.127 e. The second-order valence-electron chi connectivity index (χ2n) is 4.87. The minimum absolute atomic E-state index is 0.234. The fourth-order valence-corrected chi connectivity index (χ4v) is 2.16. The summed E-state index contributed by atoms with van der Waals surface area (Å²) in [4.78, 5) is 0. The standard InChI is InChI=1S/C15H24FNOS/c1-4-19-6-5-18-15-8-13(7-14(16)9-15)11-17-10-12(2)3/h7-9,12,17H,4-6,10-11H2,1-3H3. The first-order valence-corrected chi connectivity index (χ1v) is 7.98. The van der Waals surface area contributed by atoms with Gasteiger partial charge in [-0.05, 0) is 35.9 Å². The van der Waals surface area contributed by atoms with E-state index in [1.807, 2.05) is 17.8 Å². The Labute approximate surface area is 120 Å². The van der Waals surface area contributed by atoms with Gasteiger partial charge in [0.15, 0.2) is 0 Å². The molecule has 0 aliphatic carbocycles. The van der Waals surface area contributed by atoms with E-state index in [2.05, 4.69) is 26.1 Å². The van der Waals surface area contributed by atoms with E-state index in [0.717, 1.165) is 23.6 Å². The molecule has 0 spiro atoms. The van der Waals surface area contributed by atoms with E-state index in [1.165, 1.54) is 6.07 Å². The van der Waals surface area contributed by atoms with E-state index in [-0.39, 0.29) is 5.82 Å². The van der Waals surface area contributed by atoms with Gasteiger partial charge >= 0.3 is 0 Å². The van der Waals surface area contributed by atoms with Crippen LogP contribution in [0.4, 0.5) is 4.39 Å². The van der Waals surface area contributed by atoms with Gasteiger partial charge in [0.05, 0.1) is 6.61 Å². The third-order valence-electron chi connectivity index (χ3n) is 2.51. The third kappa shape index (κ3) is 7.43. The lowest BCUT2D eigenvalue weighted by Crippen LogP contribution is -2.19. The van der Waals surface area contributed by atoms with Crippen LogP contribution in [0.25, 0.3) is 0 Å². The van der Waals surface area contributed by atoms with Crippen molar-refractivity contribution in [2.24, 2.45) is 5.92 Å². The van der Waals surface area contributed by atoms with Crippen LogP contribution in [0.15, 0.2) is 18.2 Å². The summed E-state index contributed by atoms with van der Waals surface area (Å²) in [6.45, 7) is 8.65. The fraction of sp³-hybridized carbons (Fsp3) is 0.600. The van der Waals surface area contributed by atoms with Gasteiger partial charge in [0.25, 0.3) is 0 Å². The lowest BCUT2D eigenvalue weighted by atomic mass is 10.2. The predicted octanol–water partition coefficient (Wildman–Crippen LogP) is 3.70. The van der Waals surface area contributed by atoms with Crippen LogP contribution in [-0.4, -0.2) is 24.7 Å². The third-order valence-corrected chi connectivity index (χ3v) is 3.38. The Morgan fingerprint density at radius 3 is 2.79 bits per heavy atom. The summed E-state index contributed by atoms with van der Waals surface area (Å²) in [5, 5.41) is 3.31. The Kier molecular flexibility index (Phi) is 7.91. The molecule has 1 N–H and O–H groups in total. The van der Waals surface area contributed by atoms with E-state index >= 15 is 0 Å². The SMILES string of the molecule is CCSCCOc1cc(F)cc(CNCC(C)C)c1. The summed E-state index contributed by atoms with van der Waals surface area (Å²) in [5.74, 6) is 3.00. The maximum Gasteiger partial charge on any atom is 0.127 e. The number of nitrogens with one attached hydrogen (secondary N) is 1. The van der Waals surface area contributed by atoms with Crippen LogP contribution in [0.2, 0.25) is 0 Å². The molecule has 1 aromatic rings. The van der Waals surface area contributed by atoms with Gasteiger partial charge in [0.2, 0.25) is 0 Å². The first-order valence-electron chi connectivity index (χ1n) is 6.82. The van der Waals surface area contributed by atoms with Crippen molar-refractivity contribution in [1.29, 1.82) is 0 Å². The number of halogens is 1. The van der Waals surface area contributed by atoms with Gasteiger partial charge in [-0.3, -0.25) is 0 Å². The molecule has 108 valence electrons. The van der Waals surface area contributed by atoms with Gasteiger partial charge in [0.1, 0.15) is 11.6 Å². The Bertz CT molecular complexity index is 371. The van der Waals surface area contributed by atoms with Gasteiger partial charge in [-0.1, -0.05) is 20.8 Å². The minimum atomic E-state index is -0.234. The molecule has 2 nitrogen and oxygen atoms in total. The molecule has 0 heterocycles. The molecule has 0 fully saturated rings. The van der Waals surface area contributed by atoms with Crippen molar-refractivity contribution in [2.75, 3.05) is 24.7 Å². The van der Waals surface area contributed by atoms with Crippen molar-refractivity contribution in [1.82, 2.24) is 5.32 Å². The van der Waals surface area contributed by atoms with Gasteiger partial charge in [0, 0.05) is 18.4 Å². The molecule has 0 aliphatic rings. The number of hydrogen-bond donors (Lipinski definition) is 1.